The molecule has 11 heavy (non-hydrogen) atoms. The normalized spacial score (nSPS) is 89.1. The van der Waals surface area contributed by atoms with Crippen molar-refractivity contribution < 1.29 is 36.1 Å². The Morgan fingerprint density at radius 3 is 2.82 bits per heavy atom. The van der Waals surface area contributed by atoms with Crippen molar-refractivity contribution in [1.29, 1.82) is 0 Å². The smallest absolute Gasteiger partial charge is 0.157 e. The topological polar surface area (TPSA) is 90.2 Å². The predicted octanol–water partition coefficient (Wildman–Crippen LogP) is -2.19. The molecule has 0 aliphatic carbocycles. The first-order valence-electron chi connectivity index (χ1n) is 6.55. The summed E-state index contributed by atoms with van der Waals surface area (Å²) in [5.74, 6) is 0. The molecule has 0 bridgehead atoms. The fourth-order valence-corrected chi connectivity index (χ4v) is 0.514. The SMILES string of the molecule is [2H]C1(O)O[C@]([2H])(C([2H])([2H])O)[C@@]([2H])(O)[C@]([2H])(O)C1([2H])[2H]. The highest BCUT2D eigenvalue weighted by atomic mass is 16.6. The molecule has 5 nitrogen and oxygen atoms in total. The fourth-order valence-electron chi connectivity index (χ4n) is 0.514. The van der Waals surface area contributed by atoms with Gasteiger partial charge in [-0.1, -0.05) is 0 Å². The Bertz CT molecular complexity index is 390. The highest BCUT2D eigenvalue weighted by Crippen LogP contribution is 2.18. The number of ether oxygens (including phenoxy) is 1. The van der Waals surface area contributed by atoms with Gasteiger partial charge in [0, 0.05) is 9.11 Å². The fraction of sp³-hybridized carbons (Fsp3) is 1.00. The molecule has 4 N–H and O–H groups in total. The van der Waals surface area contributed by atoms with Gasteiger partial charge in [-0.15, -0.1) is 0 Å². The summed E-state index contributed by atoms with van der Waals surface area (Å²) in [6, 6.07) is 0. The van der Waals surface area contributed by atoms with Crippen LogP contribution in [0.2, 0.25) is 0 Å². The van der Waals surface area contributed by atoms with Crippen molar-refractivity contribution in [2.75, 3.05) is 6.56 Å². The van der Waals surface area contributed by atoms with Crippen LogP contribution in [0.1, 0.15) is 17.3 Å². The maximum atomic E-state index is 9.61. The summed E-state index contributed by atoms with van der Waals surface area (Å²) < 4.78 is 60.9. The summed E-state index contributed by atoms with van der Waals surface area (Å²) in [6.07, 6.45) is -19.7. The highest BCUT2D eigenvalue weighted by Gasteiger charge is 2.35. The molecule has 1 fully saturated rings. The lowest BCUT2D eigenvalue weighted by atomic mass is 10.0. The first-order valence-corrected chi connectivity index (χ1v) is 2.55. The van der Waals surface area contributed by atoms with Crippen LogP contribution in [0, 0.1) is 0 Å². The molecular formula is C6H12O5. The Morgan fingerprint density at radius 2 is 2.27 bits per heavy atom. The Labute approximate surface area is 75.1 Å². The lowest BCUT2D eigenvalue weighted by Gasteiger charge is -2.33. The van der Waals surface area contributed by atoms with Crippen LogP contribution in [0.25, 0.3) is 0 Å². The van der Waals surface area contributed by atoms with Crippen LogP contribution in [0.3, 0.4) is 0 Å². The third kappa shape index (κ3) is 1.88. The van der Waals surface area contributed by atoms with Crippen LogP contribution in [0.5, 0.6) is 0 Å². The van der Waals surface area contributed by atoms with Gasteiger partial charge in [0.2, 0.25) is 0 Å². The summed E-state index contributed by atoms with van der Waals surface area (Å²) in [5, 5.41) is 37.6. The van der Waals surface area contributed by atoms with Crippen LogP contribution in [-0.2, 0) is 4.74 Å². The molecule has 1 aliphatic rings. The van der Waals surface area contributed by atoms with Crippen molar-refractivity contribution in [3.8, 4) is 0 Å². The van der Waals surface area contributed by atoms with Crippen LogP contribution in [0.15, 0.2) is 0 Å². The summed E-state index contributed by atoms with van der Waals surface area (Å²) in [5.41, 5.74) is 0. The zero-order valence-corrected chi connectivity index (χ0v) is 5.20. The van der Waals surface area contributed by atoms with E-state index < -0.39 is 37.4 Å². The minimum absolute atomic E-state index is 3.79. The minimum Gasteiger partial charge on any atom is -0.394 e. The second-order valence-electron chi connectivity index (χ2n) is 1.67. The van der Waals surface area contributed by atoms with Crippen molar-refractivity contribution in [3.05, 3.63) is 0 Å². The number of hydrogen-bond donors (Lipinski definition) is 4. The van der Waals surface area contributed by atoms with Gasteiger partial charge in [0.15, 0.2) is 6.27 Å². The maximum Gasteiger partial charge on any atom is 0.157 e. The molecule has 0 aromatic rings. The molecule has 66 valence electrons. The molecule has 0 amide bonds. The molecule has 0 aromatic heterocycles. The lowest BCUT2D eigenvalue weighted by molar-refractivity contribution is -0.239. The molecule has 1 rings (SSSR count). The van der Waals surface area contributed by atoms with E-state index in [1.54, 1.807) is 0 Å². The van der Waals surface area contributed by atoms with E-state index in [0.717, 1.165) is 0 Å². The van der Waals surface area contributed by atoms with E-state index in [2.05, 4.69) is 4.74 Å². The van der Waals surface area contributed by atoms with Crippen molar-refractivity contribution in [2.45, 2.75) is 30.9 Å². The molecule has 1 aliphatic heterocycles. The van der Waals surface area contributed by atoms with E-state index >= 15 is 0 Å². The molecular weight excluding hydrogens is 152 g/mol. The summed E-state index contributed by atoms with van der Waals surface area (Å²) in [7, 11) is 0. The van der Waals surface area contributed by atoms with Crippen LogP contribution in [-0.4, -0.2) is 51.5 Å². The predicted molar refractivity (Wildman–Crippen MR) is 34.6 cm³/mol. The quantitative estimate of drug-likeness (QED) is 0.360. The Balaban J connectivity index is 3.60. The van der Waals surface area contributed by atoms with Gasteiger partial charge in [-0.2, -0.15) is 0 Å². The zero-order valence-electron chi connectivity index (χ0n) is 13.2. The van der Waals surface area contributed by atoms with Gasteiger partial charge >= 0.3 is 0 Å². The average Bonchev–Trinajstić information content (AvgIpc) is 2.12. The van der Waals surface area contributed by atoms with Gasteiger partial charge in [-0.3, -0.25) is 0 Å². The van der Waals surface area contributed by atoms with E-state index in [0.29, 0.717) is 0 Å². The Kier molecular flexibility index (Phi) is 0.924. The number of aliphatic hydroxyl groups is 4. The molecule has 1 heterocycles. The van der Waals surface area contributed by atoms with Gasteiger partial charge < -0.3 is 25.2 Å². The minimum atomic E-state index is -4.06. The molecule has 1 saturated heterocycles. The molecule has 0 saturated carbocycles. The van der Waals surface area contributed by atoms with Crippen LogP contribution < -0.4 is 0 Å². The molecule has 0 aromatic carbocycles. The van der Waals surface area contributed by atoms with Gasteiger partial charge in [0.1, 0.15) is 12.2 Å². The summed E-state index contributed by atoms with van der Waals surface area (Å²) in [4.78, 5) is 0. The largest absolute Gasteiger partial charge is 0.394 e. The molecule has 0 radical (unpaired) electrons. The highest BCUT2D eigenvalue weighted by molar-refractivity contribution is 4.81. The first kappa shape index (κ1) is 2.93. The third-order valence-electron chi connectivity index (χ3n) is 0.965. The monoisotopic (exact) mass is 172 g/mol. The molecule has 1 unspecified atom stereocenters. The van der Waals surface area contributed by atoms with E-state index in [-0.39, 0.29) is 0 Å². The van der Waals surface area contributed by atoms with E-state index in [1.807, 2.05) is 0 Å². The number of hydrogen-bond acceptors (Lipinski definition) is 5. The standard InChI is InChI=1S/C6H12O5/c7-2-4-6(10)3(8)1-5(9)11-4/h3-10H,1-2H2/t3-,4-,5?,6+/m1/s1/i1D2,2D2,3D,4D,5D,6D. The average molecular weight is 172 g/mol. The maximum absolute atomic E-state index is 9.61. The molecule has 4 atom stereocenters. The molecule has 5 heteroatoms. The Hall–Kier alpha value is -0.200. The summed E-state index contributed by atoms with van der Waals surface area (Å²) >= 11 is 0. The second kappa shape index (κ2) is 3.46. The van der Waals surface area contributed by atoms with E-state index in [9.17, 15) is 15.3 Å². The first-order chi connectivity index (χ1) is 7.96. The van der Waals surface area contributed by atoms with Gasteiger partial charge in [-0.05, 0) is 0 Å². The van der Waals surface area contributed by atoms with E-state index in [1.165, 1.54) is 0 Å². The summed E-state index contributed by atoms with van der Waals surface area (Å²) in [6.45, 7) is -3.90. The van der Waals surface area contributed by atoms with E-state index in [4.69, 9.17) is 16.1 Å². The van der Waals surface area contributed by atoms with Gasteiger partial charge in [0.05, 0.1) is 20.9 Å². The van der Waals surface area contributed by atoms with Crippen molar-refractivity contribution >= 4 is 0 Å². The van der Waals surface area contributed by atoms with Crippen molar-refractivity contribution in [1.82, 2.24) is 0 Å². The van der Waals surface area contributed by atoms with Crippen LogP contribution >= 0.6 is 0 Å². The van der Waals surface area contributed by atoms with Gasteiger partial charge in [0.25, 0.3) is 0 Å². The lowest BCUT2D eigenvalue weighted by Crippen LogP contribution is -2.49. The molecule has 0 spiro atoms. The number of rotatable bonds is 1. The van der Waals surface area contributed by atoms with Crippen molar-refractivity contribution in [2.24, 2.45) is 0 Å². The van der Waals surface area contributed by atoms with Gasteiger partial charge in [-0.25, -0.2) is 0 Å². The van der Waals surface area contributed by atoms with Crippen LogP contribution in [0.4, 0.5) is 0 Å². The second-order valence-corrected chi connectivity index (χ2v) is 1.67. The Morgan fingerprint density at radius 1 is 1.64 bits per heavy atom. The van der Waals surface area contributed by atoms with Crippen molar-refractivity contribution in [3.63, 3.8) is 0 Å². The zero-order chi connectivity index (χ0) is 15.7. The third-order valence-corrected chi connectivity index (χ3v) is 0.965.